The van der Waals surface area contributed by atoms with E-state index in [9.17, 15) is 22.8 Å². The molecule has 27 heavy (non-hydrogen) atoms. The largest absolute Gasteiger partial charge is 0.418 e. The van der Waals surface area contributed by atoms with Gasteiger partial charge in [0.2, 0.25) is 0 Å². The number of benzene rings is 1. The smallest absolute Gasteiger partial charge is 0.368 e. The predicted octanol–water partition coefficient (Wildman–Crippen LogP) is 4.45. The number of hydrogen-bond donors (Lipinski definition) is 2. The summed E-state index contributed by atoms with van der Waals surface area (Å²) in [6.07, 6.45) is -4.08. The monoisotopic (exact) mass is 398 g/mol. The van der Waals surface area contributed by atoms with E-state index in [0.29, 0.717) is 23.5 Å². The first-order chi connectivity index (χ1) is 12.8. The number of anilines is 2. The first-order valence-corrected chi connectivity index (χ1v) is 9.13. The van der Waals surface area contributed by atoms with Crippen LogP contribution in [0.3, 0.4) is 0 Å². The zero-order chi connectivity index (χ0) is 19.6. The van der Waals surface area contributed by atoms with Crippen LogP contribution in [0.5, 0.6) is 0 Å². The van der Waals surface area contributed by atoms with E-state index < -0.39 is 29.7 Å². The number of carbonyl (C=O) groups excluding carboxylic acids is 2. The van der Waals surface area contributed by atoms with Gasteiger partial charge in [0.25, 0.3) is 11.8 Å². The Bertz CT molecular complexity index is 858. The molecule has 144 valence electrons. The summed E-state index contributed by atoms with van der Waals surface area (Å²) in [6.45, 7) is 2.17. The normalized spacial score (nSPS) is 17.0. The summed E-state index contributed by atoms with van der Waals surface area (Å²) in [5.41, 5.74) is -0.717. The molecule has 1 aromatic heterocycles. The van der Waals surface area contributed by atoms with Crippen LogP contribution in [-0.2, 0) is 15.7 Å². The van der Waals surface area contributed by atoms with Crippen molar-refractivity contribution in [2.75, 3.05) is 17.2 Å². The Labute approximate surface area is 157 Å². The molecule has 0 bridgehead atoms. The molecule has 2 aromatic rings. The van der Waals surface area contributed by atoms with Gasteiger partial charge in [-0.15, -0.1) is 11.3 Å². The Balaban J connectivity index is 1.83. The highest BCUT2D eigenvalue weighted by atomic mass is 32.1. The van der Waals surface area contributed by atoms with Gasteiger partial charge in [0.15, 0.2) is 0 Å². The Kier molecular flexibility index (Phi) is 5.52. The van der Waals surface area contributed by atoms with Crippen LogP contribution in [0.2, 0.25) is 0 Å². The minimum absolute atomic E-state index is 0.00636. The maximum Gasteiger partial charge on any atom is 0.418 e. The van der Waals surface area contributed by atoms with Crippen molar-refractivity contribution in [3.05, 3.63) is 45.6 Å². The fourth-order valence-corrected chi connectivity index (χ4v) is 3.58. The fourth-order valence-electron chi connectivity index (χ4n) is 2.76. The molecule has 9 heteroatoms. The van der Waals surface area contributed by atoms with Gasteiger partial charge in [0.05, 0.1) is 16.1 Å². The van der Waals surface area contributed by atoms with Gasteiger partial charge in [-0.2, -0.15) is 13.2 Å². The van der Waals surface area contributed by atoms with Gasteiger partial charge in [-0.3, -0.25) is 9.59 Å². The summed E-state index contributed by atoms with van der Waals surface area (Å²) >= 11 is 1.15. The van der Waals surface area contributed by atoms with Crippen LogP contribution in [0.25, 0.3) is 0 Å². The van der Waals surface area contributed by atoms with Crippen molar-refractivity contribution in [3.8, 4) is 0 Å². The third-order valence-corrected chi connectivity index (χ3v) is 5.15. The van der Waals surface area contributed by atoms with E-state index in [2.05, 4.69) is 10.6 Å². The number of halogens is 3. The number of hydrogen-bond acceptors (Lipinski definition) is 4. The fraction of sp³-hybridized carbons (Fsp3) is 0.333. The molecule has 2 heterocycles. The molecule has 1 atom stereocenters. The van der Waals surface area contributed by atoms with E-state index in [0.717, 1.165) is 29.9 Å². The van der Waals surface area contributed by atoms with Gasteiger partial charge in [-0.05, 0) is 55.0 Å². The molecular weight excluding hydrogens is 381 g/mol. The Morgan fingerprint density at radius 3 is 2.59 bits per heavy atom. The van der Waals surface area contributed by atoms with Crippen molar-refractivity contribution in [3.63, 3.8) is 0 Å². The van der Waals surface area contributed by atoms with Crippen LogP contribution in [0.1, 0.15) is 33.6 Å². The van der Waals surface area contributed by atoms with Crippen molar-refractivity contribution in [2.24, 2.45) is 0 Å². The molecule has 1 fully saturated rings. The zero-order valence-corrected chi connectivity index (χ0v) is 15.2. The molecule has 1 saturated heterocycles. The molecule has 1 aromatic carbocycles. The number of nitrogens with one attached hydrogen (secondary N) is 2. The predicted molar refractivity (Wildman–Crippen MR) is 96.1 cm³/mol. The number of aryl methyl sites for hydroxylation is 1. The van der Waals surface area contributed by atoms with E-state index in [-0.39, 0.29) is 11.4 Å². The van der Waals surface area contributed by atoms with E-state index in [1.54, 1.807) is 18.4 Å². The molecule has 0 spiro atoms. The third kappa shape index (κ3) is 4.48. The lowest BCUT2D eigenvalue weighted by atomic mass is 10.1. The third-order valence-electron chi connectivity index (χ3n) is 4.13. The second-order valence-electron chi connectivity index (χ2n) is 6.14. The number of carbonyl (C=O) groups is 2. The summed E-state index contributed by atoms with van der Waals surface area (Å²) in [6, 6.07) is 4.98. The second-order valence-corrected chi connectivity index (χ2v) is 7.05. The van der Waals surface area contributed by atoms with Gasteiger partial charge in [0, 0.05) is 12.3 Å². The number of amides is 2. The van der Waals surface area contributed by atoms with Crippen LogP contribution >= 0.6 is 11.3 Å². The Morgan fingerprint density at radius 2 is 2.00 bits per heavy atom. The van der Waals surface area contributed by atoms with Gasteiger partial charge in [-0.25, -0.2) is 0 Å². The number of ether oxygens (including phenoxy) is 1. The van der Waals surface area contributed by atoms with Crippen LogP contribution in [0, 0.1) is 6.92 Å². The summed E-state index contributed by atoms with van der Waals surface area (Å²) in [7, 11) is 0. The summed E-state index contributed by atoms with van der Waals surface area (Å²) in [4.78, 5) is 24.6. The summed E-state index contributed by atoms with van der Waals surface area (Å²) in [5, 5.41) is 6.44. The lowest BCUT2D eigenvalue weighted by Crippen LogP contribution is -2.27. The first-order valence-electron chi connectivity index (χ1n) is 8.25. The van der Waals surface area contributed by atoms with Crippen LogP contribution in [-0.4, -0.2) is 24.5 Å². The van der Waals surface area contributed by atoms with Crippen LogP contribution in [0.4, 0.5) is 24.5 Å². The molecule has 5 nitrogen and oxygen atoms in total. The minimum Gasteiger partial charge on any atom is -0.368 e. The topological polar surface area (TPSA) is 67.4 Å². The van der Waals surface area contributed by atoms with Crippen molar-refractivity contribution in [1.82, 2.24) is 0 Å². The summed E-state index contributed by atoms with van der Waals surface area (Å²) in [5.74, 6) is -1.09. The number of alkyl halides is 3. The maximum absolute atomic E-state index is 13.5. The molecule has 0 radical (unpaired) electrons. The highest BCUT2D eigenvalue weighted by molar-refractivity contribution is 7.12. The van der Waals surface area contributed by atoms with Crippen molar-refractivity contribution in [1.29, 1.82) is 0 Å². The van der Waals surface area contributed by atoms with Gasteiger partial charge in [-0.1, -0.05) is 0 Å². The van der Waals surface area contributed by atoms with Crippen molar-refractivity contribution in [2.45, 2.75) is 32.0 Å². The Morgan fingerprint density at radius 1 is 1.22 bits per heavy atom. The highest BCUT2D eigenvalue weighted by Gasteiger charge is 2.35. The SMILES string of the molecule is Cc1ccsc1C(=O)Nc1ccc(NC(=O)C2CCCO2)cc1C(F)(F)F. The molecule has 2 N–H and O–H groups in total. The van der Waals surface area contributed by atoms with E-state index in [1.807, 2.05) is 0 Å². The van der Waals surface area contributed by atoms with E-state index >= 15 is 0 Å². The maximum atomic E-state index is 13.5. The molecule has 3 rings (SSSR count). The van der Waals surface area contributed by atoms with Crippen molar-refractivity contribution < 1.29 is 27.5 Å². The molecular formula is C18H17F3N2O3S. The standard InChI is InChI=1S/C18H17F3N2O3S/c1-10-6-8-27-15(10)17(25)23-13-5-4-11(9-12(13)18(19,20)21)22-16(24)14-3-2-7-26-14/h4-6,8-9,14H,2-3,7H2,1H3,(H,22,24)(H,23,25). The lowest BCUT2D eigenvalue weighted by molar-refractivity contribution is -0.137. The Hall–Kier alpha value is -2.39. The van der Waals surface area contributed by atoms with Gasteiger partial charge in [0.1, 0.15) is 6.10 Å². The van der Waals surface area contributed by atoms with Gasteiger partial charge < -0.3 is 15.4 Å². The van der Waals surface area contributed by atoms with Crippen LogP contribution < -0.4 is 10.6 Å². The van der Waals surface area contributed by atoms with Crippen molar-refractivity contribution >= 4 is 34.5 Å². The molecule has 2 amide bonds. The average Bonchev–Trinajstić information content (AvgIpc) is 3.26. The first kappa shape index (κ1) is 19.4. The molecule has 1 aliphatic rings. The summed E-state index contributed by atoms with van der Waals surface area (Å²) < 4.78 is 45.6. The minimum atomic E-state index is -4.70. The lowest BCUT2D eigenvalue weighted by Gasteiger charge is -2.16. The molecule has 0 aliphatic carbocycles. The second kappa shape index (κ2) is 7.69. The molecule has 1 unspecified atom stereocenters. The molecule has 0 saturated carbocycles. The quantitative estimate of drug-likeness (QED) is 0.800. The molecule has 1 aliphatic heterocycles. The number of thiophene rings is 1. The van der Waals surface area contributed by atoms with Gasteiger partial charge >= 0.3 is 6.18 Å². The number of rotatable bonds is 4. The zero-order valence-electron chi connectivity index (χ0n) is 14.4. The average molecular weight is 398 g/mol. The highest BCUT2D eigenvalue weighted by Crippen LogP contribution is 2.37. The van der Waals surface area contributed by atoms with Crippen LogP contribution in [0.15, 0.2) is 29.6 Å². The van der Waals surface area contributed by atoms with E-state index in [1.165, 1.54) is 6.07 Å². The van der Waals surface area contributed by atoms with E-state index in [4.69, 9.17) is 4.74 Å².